The fraction of sp³-hybridized carbons (Fsp3) is 0.529. The highest BCUT2D eigenvalue weighted by Crippen LogP contribution is 2.49. The summed E-state index contributed by atoms with van der Waals surface area (Å²) in [6.45, 7) is 2.28. The summed E-state index contributed by atoms with van der Waals surface area (Å²) in [6, 6.07) is 5.91. The van der Waals surface area contributed by atoms with Gasteiger partial charge in [-0.05, 0) is 37.0 Å². The zero-order chi connectivity index (χ0) is 16.0. The van der Waals surface area contributed by atoms with Crippen LogP contribution >= 0.6 is 11.3 Å². The molecule has 2 atom stereocenters. The molecule has 1 N–H and O–H groups in total. The largest absolute Gasteiger partial charge is 0.497 e. The van der Waals surface area contributed by atoms with E-state index in [-0.39, 0.29) is 0 Å². The molecule has 1 aromatic carbocycles. The van der Waals surface area contributed by atoms with Crippen molar-refractivity contribution in [1.29, 1.82) is 0 Å². The van der Waals surface area contributed by atoms with E-state index in [1.54, 1.807) is 18.4 Å². The van der Waals surface area contributed by atoms with Crippen LogP contribution in [-0.2, 0) is 11.3 Å². The van der Waals surface area contributed by atoms with Crippen molar-refractivity contribution in [2.75, 3.05) is 20.2 Å². The number of carbonyl (C=O) groups is 1. The van der Waals surface area contributed by atoms with E-state index < -0.39 is 11.4 Å². The van der Waals surface area contributed by atoms with E-state index >= 15 is 0 Å². The number of aromatic nitrogens is 1. The summed E-state index contributed by atoms with van der Waals surface area (Å²) in [4.78, 5) is 18.7. The number of hydrogen-bond donors (Lipinski definition) is 1. The highest BCUT2D eigenvalue weighted by molar-refractivity contribution is 7.18. The fourth-order valence-electron chi connectivity index (χ4n) is 4.20. The van der Waals surface area contributed by atoms with E-state index in [2.05, 4.69) is 9.88 Å². The molecule has 1 aromatic heterocycles. The van der Waals surface area contributed by atoms with Gasteiger partial charge in [0.2, 0.25) is 0 Å². The van der Waals surface area contributed by atoms with Crippen LogP contribution < -0.4 is 4.74 Å². The molecule has 0 amide bonds. The van der Waals surface area contributed by atoms with Gasteiger partial charge < -0.3 is 9.84 Å². The second-order valence-electron chi connectivity index (χ2n) is 6.66. The van der Waals surface area contributed by atoms with Gasteiger partial charge in [-0.3, -0.25) is 9.69 Å². The van der Waals surface area contributed by atoms with Crippen LogP contribution in [0.2, 0.25) is 0 Å². The molecule has 1 aliphatic heterocycles. The molecular weight excluding hydrogens is 312 g/mol. The van der Waals surface area contributed by atoms with Crippen LogP contribution in [0.5, 0.6) is 5.75 Å². The molecule has 0 unspecified atom stereocenters. The lowest BCUT2D eigenvalue weighted by atomic mass is 9.81. The summed E-state index contributed by atoms with van der Waals surface area (Å²) in [6.07, 6.45) is 2.91. The Hall–Kier alpha value is -1.66. The van der Waals surface area contributed by atoms with Gasteiger partial charge in [-0.2, -0.15) is 0 Å². The third-order valence-corrected chi connectivity index (χ3v) is 6.37. The van der Waals surface area contributed by atoms with Gasteiger partial charge in [0, 0.05) is 13.1 Å². The van der Waals surface area contributed by atoms with Gasteiger partial charge in [-0.15, -0.1) is 11.3 Å². The maximum absolute atomic E-state index is 11.8. The number of likely N-dealkylation sites (tertiary alicyclic amines) is 1. The van der Waals surface area contributed by atoms with E-state index in [1.165, 1.54) is 0 Å². The molecule has 0 spiro atoms. The lowest BCUT2D eigenvalue weighted by Gasteiger charge is -2.23. The number of methoxy groups -OCH3 is 1. The fourth-order valence-corrected chi connectivity index (χ4v) is 5.24. The number of aliphatic carboxylic acids is 1. The molecule has 2 aromatic rings. The zero-order valence-electron chi connectivity index (χ0n) is 13.1. The minimum Gasteiger partial charge on any atom is -0.497 e. The predicted octanol–water partition coefficient (Wildman–Crippen LogP) is 2.99. The number of carboxylic acids is 1. The number of thiazole rings is 1. The number of carboxylic acid groups (broad SMARTS) is 1. The maximum Gasteiger partial charge on any atom is 0.311 e. The summed E-state index contributed by atoms with van der Waals surface area (Å²) >= 11 is 1.67. The van der Waals surface area contributed by atoms with Gasteiger partial charge in [0.05, 0.1) is 29.3 Å². The first-order chi connectivity index (χ1) is 11.1. The van der Waals surface area contributed by atoms with Crippen LogP contribution in [0.25, 0.3) is 10.2 Å². The van der Waals surface area contributed by atoms with Crippen molar-refractivity contribution in [2.24, 2.45) is 11.3 Å². The third-order valence-electron chi connectivity index (χ3n) is 5.37. The lowest BCUT2D eigenvalue weighted by molar-refractivity contribution is -0.149. The first-order valence-electron chi connectivity index (χ1n) is 8.00. The molecule has 1 aliphatic carbocycles. The normalized spacial score (nSPS) is 27.4. The molecule has 4 rings (SSSR count). The predicted molar refractivity (Wildman–Crippen MR) is 88.9 cm³/mol. The number of ether oxygens (including phenoxy) is 1. The Morgan fingerprint density at radius 1 is 1.57 bits per heavy atom. The van der Waals surface area contributed by atoms with Crippen LogP contribution in [0.3, 0.4) is 0 Å². The molecule has 1 saturated heterocycles. The standard InChI is InChI=1S/C17H20N2O3S/c1-22-12-4-5-13-14(7-12)23-15(18-13)9-19-8-11-3-2-6-17(11,10-19)16(20)21/h4-5,7,11H,2-3,6,8-10H2,1H3,(H,20,21)/t11-,17+/m0/s1. The number of hydrogen-bond acceptors (Lipinski definition) is 5. The quantitative estimate of drug-likeness (QED) is 0.932. The SMILES string of the molecule is COc1ccc2nc(CN3C[C@@H]4CCC[C@@]4(C(=O)O)C3)sc2c1. The minimum atomic E-state index is -0.614. The Kier molecular flexibility index (Phi) is 3.54. The summed E-state index contributed by atoms with van der Waals surface area (Å²) < 4.78 is 6.38. The van der Waals surface area contributed by atoms with Gasteiger partial charge in [-0.25, -0.2) is 4.98 Å². The van der Waals surface area contributed by atoms with E-state index in [1.807, 2.05) is 18.2 Å². The van der Waals surface area contributed by atoms with E-state index in [9.17, 15) is 9.90 Å². The van der Waals surface area contributed by atoms with Crippen LogP contribution in [0.1, 0.15) is 24.3 Å². The smallest absolute Gasteiger partial charge is 0.311 e. The third kappa shape index (κ3) is 2.40. The highest BCUT2D eigenvalue weighted by Gasteiger charge is 2.54. The van der Waals surface area contributed by atoms with Crippen LogP contribution in [0.4, 0.5) is 0 Å². The lowest BCUT2D eigenvalue weighted by Crippen LogP contribution is -2.35. The summed E-state index contributed by atoms with van der Waals surface area (Å²) in [5.41, 5.74) is 0.470. The Labute approximate surface area is 138 Å². The summed E-state index contributed by atoms with van der Waals surface area (Å²) in [5.74, 6) is 0.527. The topological polar surface area (TPSA) is 62.7 Å². The Morgan fingerprint density at radius 2 is 2.43 bits per heavy atom. The summed E-state index contributed by atoms with van der Waals surface area (Å²) in [5, 5.41) is 10.7. The average Bonchev–Trinajstić information content (AvgIpc) is 3.17. The molecule has 23 heavy (non-hydrogen) atoms. The van der Waals surface area contributed by atoms with Crippen LogP contribution in [0, 0.1) is 11.3 Å². The van der Waals surface area contributed by atoms with E-state index in [4.69, 9.17) is 4.74 Å². The number of benzene rings is 1. The van der Waals surface area contributed by atoms with Gasteiger partial charge in [0.15, 0.2) is 0 Å². The second-order valence-corrected chi connectivity index (χ2v) is 7.78. The van der Waals surface area contributed by atoms with Crippen LogP contribution in [0.15, 0.2) is 18.2 Å². The van der Waals surface area contributed by atoms with E-state index in [0.29, 0.717) is 12.5 Å². The van der Waals surface area contributed by atoms with Crippen molar-refractivity contribution in [3.63, 3.8) is 0 Å². The molecule has 2 aliphatic rings. The minimum absolute atomic E-state index is 0.300. The maximum atomic E-state index is 11.8. The van der Waals surface area contributed by atoms with Gasteiger partial charge in [0.25, 0.3) is 0 Å². The summed E-state index contributed by atoms with van der Waals surface area (Å²) in [7, 11) is 1.66. The molecule has 6 heteroatoms. The van der Waals surface area contributed by atoms with Crippen LogP contribution in [-0.4, -0.2) is 41.2 Å². The highest BCUT2D eigenvalue weighted by atomic mass is 32.1. The first-order valence-corrected chi connectivity index (χ1v) is 8.81. The van der Waals surface area contributed by atoms with Crippen molar-refractivity contribution in [2.45, 2.75) is 25.8 Å². The number of fused-ring (bicyclic) bond motifs is 2. The molecule has 5 nitrogen and oxygen atoms in total. The molecule has 2 heterocycles. The molecule has 2 fully saturated rings. The molecule has 122 valence electrons. The van der Waals surface area contributed by atoms with Crippen molar-refractivity contribution in [3.8, 4) is 5.75 Å². The molecule has 1 saturated carbocycles. The van der Waals surface area contributed by atoms with Crippen molar-refractivity contribution in [1.82, 2.24) is 9.88 Å². The number of rotatable bonds is 4. The van der Waals surface area contributed by atoms with E-state index in [0.717, 1.165) is 53.3 Å². The molecular formula is C17H20N2O3S. The Morgan fingerprint density at radius 3 is 3.17 bits per heavy atom. The van der Waals surface area contributed by atoms with Gasteiger partial charge >= 0.3 is 5.97 Å². The van der Waals surface area contributed by atoms with Crippen molar-refractivity contribution in [3.05, 3.63) is 23.2 Å². The Balaban J connectivity index is 1.54. The monoisotopic (exact) mass is 332 g/mol. The second kappa shape index (κ2) is 5.46. The van der Waals surface area contributed by atoms with Gasteiger partial charge in [0.1, 0.15) is 10.8 Å². The molecule has 0 radical (unpaired) electrons. The van der Waals surface area contributed by atoms with Crippen molar-refractivity contribution >= 4 is 27.5 Å². The van der Waals surface area contributed by atoms with Gasteiger partial charge in [-0.1, -0.05) is 6.42 Å². The zero-order valence-corrected chi connectivity index (χ0v) is 13.9. The Bertz CT molecular complexity index is 759. The van der Waals surface area contributed by atoms with Crippen molar-refractivity contribution < 1.29 is 14.6 Å². The average molecular weight is 332 g/mol. The first kappa shape index (κ1) is 14.9. The molecule has 0 bridgehead atoms. The number of nitrogens with zero attached hydrogens (tertiary/aromatic N) is 2.